The third-order valence-corrected chi connectivity index (χ3v) is 7.86. The number of halogens is 1. The quantitative estimate of drug-likeness (QED) is 0.223. The highest BCUT2D eigenvalue weighted by Gasteiger charge is 2.30. The van der Waals surface area contributed by atoms with E-state index in [0.717, 1.165) is 42.1 Å². The van der Waals surface area contributed by atoms with Gasteiger partial charge in [0, 0.05) is 41.3 Å². The van der Waals surface area contributed by atoms with E-state index in [4.69, 9.17) is 11.6 Å². The summed E-state index contributed by atoms with van der Waals surface area (Å²) >= 11 is 5.89. The molecule has 1 aliphatic rings. The minimum absolute atomic E-state index is 0.0897. The number of nitrogens with zero attached hydrogens (tertiary/aromatic N) is 3. The van der Waals surface area contributed by atoms with Crippen LogP contribution in [-0.4, -0.2) is 45.7 Å². The average Bonchev–Trinajstić information content (AvgIpc) is 3.58. The molecule has 0 saturated heterocycles. The first-order valence-electron chi connectivity index (χ1n) is 13.1. The summed E-state index contributed by atoms with van der Waals surface area (Å²) in [5.41, 5.74) is 5.87. The number of nitrogens with one attached hydrogen (secondary N) is 1. The number of rotatable bonds is 8. The van der Waals surface area contributed by atoms with Crippen molar-refractivity contribution < 1.29 is 14.7 Å². The van der Waals surface area contributed by atoms with Gasteiger partial charge in [0.05, 0.1) is 11.2 Å². The maximum atomic E-state index is 13.2. The first-order chi connectivity index (χ1) is 18.9. The summed E-state index contributed by atoms with van der Waals surface area (Å²) in [7, 11) is 1.92. The van der Waals surface area contributed by atoms with Crippen molar-refractivity contribution in [3.63, 3.8) is 0 Å². The topological polar surface area (TPSA) is 86.9 Å². The zero-order chi connectivity index (χ0) is 27.4. The molecular weight excluding hydrogens is 512 g/mol. The Morgan fingerprint density at radius 2 is 1.92 bits per heavy atom. The molecule has 2 unspecified atom stereocenters. The van der Waals surface area contributed by atoms with Crippen LogP contribution >= 0.6 is 11.6 Å². The number of aromatic hydroxyl groups is 1. The number of fused-ring (bicyclic) bond motifs is 1. The maximum Gasteiger partial charge on any atom is 0.271 e. The van der Waals surface area contributed by atoms with E-state index in [1.165, 1.54) is 23.8 Å². The zero-order valence-electron chi connectivity index (χ0n) is 21.8. The molecule has 1 aromatic heterocycles. The Kier molecular flexibility index (Phi) is 7.98. The van der Waals surface area contributed by atoms with Crippen molar-refractivity contribution in [3.05, 3.63) is 101 Å². The Balaban J connectivity index is 1.20. The summed E-state index contributed by atoms with van der Waals surface area (Å²) < 4.78 is 1.96. The summed E-state index contributed by atoms with van der Waals surface area (Å²) in [5.74, 6) is 0.169. The molecule has 1 fully saturated rings. The molecule has 3 aromatic carbocycles. The molecule has 1 aliphatic carbocycles. The van der Waals surface area contributed by atoms with Gasteiger partial charge >= 0.3 is 0 Å². The third kappa shape index (κ3) is 6.15. The largest absolute Gasteiger partial charge is 0.506 e. The van der Waals surface area contributed by atoms with E-state index in [1.54, 1.807) is 6.21 Å². The summed E-state index contributed by atoms with van der Waals surface area (Å²) in [6.07, 6.45) is 7.77. The maximum absolute atomic E-state index is 13.2. The number of phenols is 1. The van der Waals surface area contributed by atoms with Crippen molar-refractivity contribution in [1.29, 1.82) is 0 Å². The lowest BCUT2D eigenvalue weighted by atomic mass is 9.98. The van der Waals surface area contributed by atoms with Gasteiger partial charge in [0.15, 0.2) is 0 Å². The van der Waals surface area contributed by atoms with Gasteiger partial charge in [0.1, 0.15) is 12.3 Å². The summed E-state index contributed by atoms with van der Waals surface area (Å²) in [4.78, 5) is 27.5. The molecule has 1 saturated carbocycles. The highest BCUT2D eigenvalue weighted by molar-refractivity contribution is 6.32. The number of hydrogen-bond donors (Lipinski definition) is 2. The van der Waals surface area contributed by atoms with E-state index in [2.05, 4.69) is 34.8 Å². The van der Waals surface area contributed by atoms with Crippen molar-refractivity contribution >= 4 is 40.5 Å². The van der Waals surface area contributed by atoms with Crippen molar-refractivity contribution in [2.45, 2.75) is 38.3 Å². The molecule has 7 nitrogen and oxygen atoms in total. The van der Waals surface area contributed by atoms with Crippen LogP contribution in [0.2, 0.25) is 5.02 Å². The van der Waals surface area contributed by atoms with E-state index >= 15 is 0 Å². The number of hydrogen-bond acceptors (Lipinski definition) is 4. The monoisotopic (exact) mass is 542 g/mol. The summed E-state index contributed by atoms with van der Waals surface area (Å²) in [6, 6.07) is 22.8. The van der Waals surface area contributed by atoms with E-state index < -0.39 is 5.91 Å². The molecule has 39 heavy (non-hydrogen) atoms. The normalized spacial score (nSPS) is 17.1. The highest BCUT2D eigenvalue weighted by Crippen LogP contribution is 2.32. The van der Waals surface area contributed by atoms with Crippen molar-refractivity contribution in [1.82, 2.24) is 14.9 Å². The fourth-order valence-corrected chi connectivity index (χ4v) is 5.55. The second-order valence-corrected chi connectivity index (χ2v) is 10.5. The van der Waals surface area contributed by atoms with Crippen LogP contribution in [0.1, 0.15) is 40.7 Å². The van der Waals surface area contributed by atoms with Crippen LogP contribution in [0.3, 0.4) is 0 Å². The van der Waals surface area contributed by atoms with Gasteiger partial charge in [-0.3, -0.25) is 9.59 Å². The fraction of sp³-hybridized carbons (Fsp3) is 0.258. The standard InChI is InChI=1S/C31H31ClN4O3/c1-35(25-12-10-22(17-25)16-21-6-3-2-4-7-21)30(38)20-36-15-14-26-24(8-5-9-28(26)36)19-33-34-31(39)23-11-13-29(37)27(32)18-23/h2-9,11,13-15,18-19,22,25,37H,10,12,16-17,20H2,1H3,(H,34,39)/b33-19+. The molecule has 2 N–H and O–H groups in total. The van der Waals surface area contributed by atoms with Crippen LogP contribution in [0.5, 0.6) is 5.75 Å². The van der Waals surface area contributed by atoms with Crippen molar-refractivity contribution in [2.75, 3.05) is 7.05 Å². The van der Waals surface area contributed by atoms with Gasteiger partial charge < -0.3 is 14.6 Å². The minimum atomic E-state index is -0.440. The van der Waals surface area contributed by atoms with Gasteiger partial charge in [-0.15, -0.1) is 0 Å². The van der Waals surface area contributed by atoms with Crippen LogP contribution < -0.4 is 5.43 Å². The van der Waals surface area contributed by atoms with Crippen LogP contribution in [0.15, 0.2) is 84.1 Å². The van der Waals surface area contributed by atoms with E-state index in [-0.39, 0.29) is 34.8 Å². The SMILES string of the molecule is CN(C(=O)Cn1ccc2c(/C=N/NC(=O)c3ccc(O)c(Cl)c3)cccc21)C1CCC(Cc2ccccc2)C1. The number of amides is 2. The smallest absolute Gasteiger partial charge is 0.271 e. The fourth-order valence-electron chi connectivity index (χ4n) is 5.36. The van der Waals surface area contributed by atoms with Gasteiger partial charge in [-0.05, 0) is 67.5 Å². The van der Waals surface area contributed by atoms with Gasteiger partial charge in [0.25, 0.3) is 5.91 Å². The molecular formula is C31H31ClN4O3. The van der Waals surface area contributed by atoms with Crippen molar-refractivity contribution in [3.8, 4) is 5.75 Å². The highest BCUT2D eigenvalue weighted by atomic mass is 35.5. The molecule has 0 bridgehead atoms. The molecule has 5 rings (SSSR count). The molecule has 0 radical (unpaired) electrons. The molecule has 0 aliphatic heterocycles. The van der Waals surface area contributed by atoms with E-state index in [9.17, 15) is 14.7 Å². The van der Waals surface area contributed by atoms with Crippen LogP contribution in [-0.2, 0) is 17.8 Å². The second-order valence-electron chi connectivity index (χ2n) is 10.1. The minimum Gasteiger partial charge on any atom is -0.506 e. The Morgan fingerprint density at radius 1 is 1.10 bits per heavy atom. The molecule has 4 aromatic rings. The second kappa shape index (κ2) is 11.7. The molecule has 8 heteroatoms. The average molecular weight is 543 g/mol. The van der Waals surface area contributed by atoms with Gasteiger partial charge in [0.2, 0.25) is 5.91 Å². The van der Waals surface area contributed by atoms with Crippen LogP contribution in [0.4, 0.5) is 0 Å². The third-order valence-electron chi connectivity index (χ3n) is 7.55. The molecule has 1 heterocycles. The Hall–Kier alpha value is -4.10. The number of benzene rings is 3. The van der Waals surface area contributed by atoms with Crippen LogP contribution in [0, 0.1) is 5.92 Å². The number of hydrazone groups is 1. The Labute approximate surface area is 232 Å². The zero-order valence-corrected chi connectivity index (χ0v) is 22.5. The van der Waals surface area contributed by atoms with Gasteiger partial charge in [-0.1, -0.05) is 54.1 Å². The van der Waals surface area contributed by atoms with E-state index in [0.29, 0.717) is 5.92 Å². The molecule has 2 amide bonds. The predicted octanol–water partition coefficient (Wildman–Crippen LogP) is 5.63. The number of likely N-dealkylation sites (N-methyl/N-ethyl adjacent to an activating group) is 1. The number of carbonyl (C=O) groups excluding carboxylic acids is 2. The lowest BCUT2D eigenvalue weighted by Gasteiger charge is -2.25. The predicted molar refractivity (Wildman–Crippen MR) is 154 cm³/mol. The van der Waals surface area contributed by atoms with Gasteiger partial charge in [-0.25, -0.2) is 5.43 Å². The lowest BCUT2D eigenvalue weighted by molar-refractivity contribution is -0.132. The van der Waals surface area contributed by atoms with E-state index in [1.807, 2.05) is 53.0 Å². The Morgan fingerprint density at radius 3 is 2.72 bits per heavy atom. The van der Waals surface area contributed by atoms with Crippen molar-refractivity contribution in [2.24, 2.45) is 11.0 Å². The first kappa shape index (κ1) is 26.5. The summed E-state index contributed by atoms with van der Waals surface area (Å²) in [6.45, 7) is 0.263. The van der Waals surface area contributed by atoms with Crippen LogP contribution in [0.25, 0.3) is 10.9 Å². The number of carbonyl (C=O) groups is 2. The number of aromatic nitrogens is 1. The first-order valence-corrected chi connectivity index (χ1v) is 13.5. The molecule has 2 atom stereocenters. The lowest BCUT2D eigenvalue weighted by Crippen LogP contribution is -2.37. The molecule has 200 valence electrons. The Bertz CT molecular complexity index is 1520. The summed E-state index contributed by atoms with van der Waals surface area (Å²) in [5, 5.41) is 14.7. The molecule has 0 spiro atoms. The van der Waals surface area contributed by atoms with Gasteiger partial charge in [-0.2, -0.15) is 5.10 Å². The number of phenolic OH excluding ortho intramolecular Hbond substituents is 1.